The van der Waals surface area contributed by atoms with Gasteiger partial charge in [-0.15, -0.1) is 0 Å². The average molecular weight is 329 g/mol. The number of hydrogen-bond acceptors (Lipinski definition) is 3. The summed E-state index contributed by atoms with van der Waals surface area (Å²) in [4.78, 5) is 33.9. The zero-order chi connectivity index (χ0) is 15.9. The molecule has 2 aromatic rings. The first-order chi connectivity index (χ1) is 9.75. The molecule has 6 nitrogen and oxygen atoms in total. The smallest absolute Gasteiger partial charge is 0.337 e. The van der Waals surface area contributed by atoms with E-state index in [0.29, 0.717) is 0 Å². The Balaban J connectivity index is 3.16. The first kappa shape index (κ1) is 15.1. The van der Waals surface area contributed by atoms with E-state index in [1.165, 1.54) is 12.1 Å². The van der Waals surface area contributed by atoms with Crippen molar-refractivity contribution in [2.24, 2.45) is 0 Å². The molecule has 0 aromatic heterocycles. The zero-order valence-electron chi connectivity index (χ0n) is 10.1. The van der Waals surface area contributed by atoms with Crippen LogP contribution in [0.1, 0.15) is 31.1 Å². The van der Waals surface area contributed by atoms with E-state index < -0.39 is 29.0 Å². The summed E-state index contributed by atoms with van der Waals surface area (Å²) in [6, 6.07) is 3.31. The fourth-order valence-electron chi connectivity index (χ4n) is 2.06. The molecule has 0 unspecified atom stereocenters. The Morgan fingerprint density at radius 2 is 1.38 bits per heavy atom. The van der Waals surface area contributed by atoms with Gasteiger partial charge in [-0.05, 0) is 17.5 Å². The lowest BCUT2D eigenvalue weighted by molar-refractivity contribution is 0.0681. The standard InChI is InChI=1S/C13H6Cl2O6/c14-6-2-1-4-8(10(6)13(20)21)5(11(16)17)3-7(15)9(4)12(18)19/h1-3H,(H,16,17)(H,18,19)(H,20,21). The van der Waals surface area contributed by atoms with Gasteiger partial charge in [0.15, 0.2) is 0 Å². The SMILES string of the molecule is O=C(O)c1c(Cl)cc(C(=O)O)c2c(C(=O)O)c(Cl)ccc12. The minimum Gasteiger partial charge on any atom is -0.478 e. The van der Waals surface area contributed by atoms with Crippen molar-refractivity contribution in [1.82, 2.24) is 0 Å². The van der Waals surface area contributed by atoms with Crippen LogP contribution in [0.25, 0.3) is 10.8 Å². The normalized spacial score (nSPS) is 10.6. The van der Waals surface area contributed by atoms with Crippen LogP contribution in [0, 0.1) is 0 Å². The van der Waals surface area contributed by atoms with Crippen molar-refractivity contribution in [2.75, 3.05) is 0 Å². The monoisotopic (exact) mass is 328 g/mol. The number of carbonyl (C=O) groups is 3. The van der Waals surface area contributed by atoms with Crippen LogP contribution in [0.2, 0.25) is 10.0 Å². The highest BCUT2D eigenvalue weighted by atomic mass is 35.5. The third-order valence-electron chi connectivity index (χ3n) is 2.86. The van der Waals surface area contributed by atoms with Crippen LogP contribution < -0.4 is 0 Å². The molecule has 2 rings (SSSR count). The van der Waals surface area contributed by atoms with Crippen LogP contribution >= 0.6 is 23.2 Å². The second-order valence-corrected chi connectivity index (χ2v) is 4.86. The van der Waals surface area contributed by atoms with Gasteiger partial charge in [0.05, 0.1) is 26.7 Å². The molecule has 0 fully saturated rings. The van der Waals surface area contributed by atoms with Gasteiger partial charge in [-0.3, -0.25) is 0 Å². The van der Waals surface area contributed by atoms with E-state index in [4.69, 9.17) is 23.2 Å². The van der Waals surface area contributed by atoms with E-state index in [1.807, 2.05) is 0 Å². The number of rotatable bonds is 3. The van der Waals surface area contributed by atoms with Gasteiger partial charge in [0.25, 0.3) is 0 Å². The molecule has 2 aromatic carbocycles. The second-order valence-electron chi connectivity index (χ2n) is 4.04. The highest BCUT2D eigenvalue weighted by Gasteiger charge is 2.25. The summed E-state index contributed by atoms with van der Waals surface area (Å²) in [6.45, 7) is 0. The van der Waals surface area contributed by atoms with E-state index in [1.54, 1.807) is 0 Å². The van der Waals surface area contributed by atoms with Gasteiger partial charge in [0.1, 0.15) is 0 Å². The molecule has 0 saturated carbocycles. The summed E-state index contributed by atoms with van der Waals surface area (Å²) in [7, 11) is 0. The van der Waals surface area contributed by atoms with Gasteiger partial charge in [0.2, 0.25) is 0 Å². The van der Waals surface area contributed by atoms with Crippen LogP contribution in [-0.2, 0) is 0 Å². The van der Waals surface area contributed by atoms with Gasteiger partial charge < -0.3 is 15.3 Å². The molecule has 108 valence electrons. The highest BCUT2D eigenvalue weighted by Crippen LogP contribution is 2.35. The minimum atomic E-state index is -1.47. The van der Waals surface area contributed by atoms with Gasteiger partial charge >= 0.3 is 17.9 Å². The maximum absolute atomic E-state index is 11.3. The quantitative estimate of drug-likeness (QED) is 0.797. The van der Waals surface area contributed by atoms with Crippen molar-refractivity contribution in [3.05, 3.63) is 44.9 Å². The largest absolute Gasteiger partial charge is 0.478 e. The number of halogens is 2. The molecule has 0 aliphatic heterocycles. The first-order valence-electron chi connectivity index (χ1n) is 5.40. The summed E-state index contributed by atoms with van der Waals surface area (Å²) in [5.74, 6) is -4.31. The van der Waals surface area contributed by atoms with E-state index >= 15 is 0 Å². The molecule has 0 atom stereocenters. The maximum Gasteiger partial charge on any atom is 0.337 e. The Morgan fingerprint density at radius 3 is 1.86 bits per heavy atom. The second kappa shape index (κ2) is 5.23. The van der Waals surface area contributed by atoms with Crippen molar-refractivity contribution in [2.45, 2.75) is 0 Å². The summed E-state index contributed by atoms with van der Waals surface area (Å²) in [6.07, 6.45) is 0. The number of aromatic carboxylic acids is 3. The Labute approximate surface area is 127 Å². The molecule has 0 amide bonds. The molecule has 0 radical (unpaired) electrons. The molecule has 3 N–H and O–H groups in total. The van der Waals surface area contributed by atoms with Crippen LogP contribution in [0.3, 0.4) is 0 Å². The molecule has 8 heteroatoms. The van der Waals surface area contributed by atoms with Gasteiger partial charge in [0, 0.05) is 5.39 Å². The summed E-state index contributed by atoms with van der Waals surface area (Å²) in [5, 5.41) is 26.7. The fraction of sp³-hybridized carbons (Fsp3) is 0. The molecular formula is C13H6Cl2O6. The molecule has 0 aliphatic carbocycles. The number of hydrogen-bond donors (Lipinski definition) is 3. The third-order valence-corrected chi connectivity index (χ3v) is 3.47. The first-order valence-corrected chi connectivity index (χ1v) is 6.16. The number of benzene rings is 2. The van der Waals surface area contributed by atoms with E-state index in [0.717, 1.165) is 6.07 Å². The van der Waals surface area contributed by atoms with Crippen molar-refractivity contribution in [1.29, 1.82) is 0 Å². The lowest BCUT2D eigenvalue weighted by atomic mass is 9.95. The topological polar surface area (TPSA) is 112 Å². The third kappa shape index (κ3) is 2.39. The Kier molecular flexibility index (Phi) is 3.76. The highest BCUT2D eigenvalue weighted by molar-refractivity contribution is 6.39. The van der Waals surface area contributed by atoms with E-state index in [2.05, 4.69) is 0 Å². The molecule has 0 aliphatic rings. The lowest BCUT2D eigenvalue weighted by Crippen LogP contribution is -2.09. The number of carboxylic acid groups (broad SMARTS) is 3. The Hall–Kier alpha value is -2.31. The molecule has 21 heavy (non-hydrogen) atoms. The van der Waals surface area contributed by atoms with Crippen molar-refractivity contribution >= 4 is 51.9 Å². The van der Waals surface area contributed by atoms with Crippen LogP contribution in [0.4, 0.5) is 0 Å². The minimum absolute atomic E-state index is 0.103. The maximum atomic E-state index is 11.3. The van der Waals surface area contributed by atoms with Gasteiger partial charge in [-0.2, -0.15) is 0 Å². The molecule has 0 saturated heterocycles. The van der Waals surface area contributed by atoms with E-state index in [9.17, 15) is 29.7 Å². The van der Waals surface area contributed by atoms with Crippen LogP contribution in [-0.4, -0.2) is 33.2 Å². The predicted octanol–water partition coefficient (Wildman–Crippen LogP) is 3.24. The average Bonchev–Trinajstić information content (AvgIpc) is 2.36. The van der Waals surface area contributed by atoms with Crippen molar-refractivity contribution < 1.29 is 29.7 Å². The van der Waals surface area contributed by atoms with Gasteiger partial charge in [-0.25, -0.2) is 14.4 Å². The number of fused-ring (bicyclic) bond motifs is 1. The van der Waals surface area contributed by atoms with Crippen molar-refractivity contribution in [3.63, 3.8) is 0 Å². The summed E-state index contributed by atoms with van der Waals surface area (Å²) in [5.41, 5.74) is -1.29. The molecule has 0 bridgehead atoms. The Morgan fingerprint density at radius 1 is 0.810 bits per heavy atom. The van der Waals surface area contributed by atoms with Crippen LogP contribution in [0.5, 0.6) is 0 Å². The zero-order valence-corrected chi connectivity index (χ0v) is 11.6. The van der Waals surface area contributed by atoms with Crippen molar-refractivity contribution in [3.8, 4) is 0 Å². The predicted molar refractivity (Wildman–Crippen MR) is 74.8 cm³/mol. The molecular weight excluding hydrogens is 323 g/mol. The molecule has 0 spiro atoms. The van der Waals surface area contributed by atoms with E-state index in [-0.39, 0.29) is 26.4 Å². The summed E-state index contributed by atoms with van der Waals surface area (Å²) >= 11 is 11.6. The molecule has 0 heterocycles. The summed E-state index contributed by atoms with van der Waals surface area (Å²) < 4.78 is 0. The van der Waals surface area contributed by atoms with Crippen LogP contribution in [0.15, 0.2) is 18.2 Å². The Bertz CT molecular complexity index is 812. The number of carboxylic acids is 3. The van der Waals surface area contributed by atoms with Gasteiger partial charge in [-0.1, -0.05) is 29.3 Å². The lowest BCUT2D eigenvalue weighted by Gasteiger charge is -2.12. The fourth-order valence-corrected chi connectivity index (χ4v) is 2.59.